The van der Waals surface area contributed by atoms with Crippen LogP contribution in [0.15, 0.2) is 24.3 Å². The highest BCUT2D eigenvalue weighted by Crippen LogP contribution is 2.51. The molecule has 1 aliphatic rings. The van der Waals surface area contributed by atoms with E-state index in [1.165, 1.54) is 6.07 Å². The monoisotopic (exact) mass is 278 g/mol. The van der Waals surface area contributed by atoms with Gasteiger partial charge in [0.1, 0.15) is 5.82 Å². The van der Waals surface area contributed by atoms with E-state index in [0.29, 0.717) is 18.2 Å². The molecule has 1 saturated carbocycles. The zero-order valence-corrected chi connectivity index (χ0v) is 13.1. The summed E-state index contributed by atoms with van der Waals surface area (Å²) < 4.78 is 14.2. The molecule has 2 atom stereocenters. The fourth-order valence-electron chi connectivity index (χ4n) is 4.23. The van der Waals surface area contributed by atoms with Gasteiger partial charge in [-0.15, -0.1) is 0 Å². The van der Waals surface area contributed by atoms with Gasteiger partial charge in [-0.1, -0.05) is 32.9 Å². The minimum Gasteiger partial charge on any atom is -0.362 e. The molecule has 2 rings (SSSR count). The van der Waals surface area contributed by atoms with Gasteiger partial charge < -0.3 is 10.6 Å². The molecule has 0 spiro atoms. The van der Waals surface area contributed by atoms with Crippen LogP contribution >= 0.6 is 0 Å². The predicted molar refractivity (Wildman–Crippen MR) is 83.4 cm³/mol. The highest BCUT2D eigenvalue weighted by Gasteiger charge is 2.51. The maximum absolute atomic E-state index is 14.2. The molecule has 1 aromatic rings. The minimum atomic E-state index is -0.154. The Labute approximate surface area is 122 Å². The third-order valence-corrected chi connectivity index (χ3v) is 4.91. The Morgan fingerprint density at radius 2 is 2.00 bits per heavy atom. The Kier molecular flexibility index (Phi) is 4.10. The summed E-state index contributed by atoms with van der Waals surface area (Å²) in [6.07, 6.45) is 2.15. The number of para-hydroxylation sites is 1. The third-order valence-electron chi connectivity index (χ3n) is 4.91. The van der Waals surface area contributed by atoms with Crippen molar-refractivity contribution in [2.45, 2.75) is 46.1 Å². The quantitative estimate of drug-likeness (QED) is 0.907. The van der Waals surface area contributed by atoms with Crippen LogP contribution in [0.5, 0.6) is 0 Å². The van der Waals surface area contributed by atoms with Crippen LogP contribution in [0.1, 0.15) is 40.5 Å². The van der Waals surface area contributed by atoms with E-state index in [0.717, 1.165) is 19.4 Å². The molecule has 2 N–H and O–H groups in total. The number of likely N-dealkylation sites (N-methyl/N-ethyl adjacent to an activating group) is 1. The fourth-order valence-corrected chi connectivity index (χ4v) is 4.23. The number of hydrogen-bond acceptors (Lipinski definition) is 2. The fraction of sp³-hybridized carbons (Fsp3) is 0.647. The smallest absolute Gasteiger partial charge is 0.146 e. The van der Waals surface area contributed by atoms with Gasteiger partial charge in [-0.25, -0.2) is 4.39 Å². The van der Waals surface area contributed by atoms with E-state index in [9.17, 15) is 4.39 Å². The van der Waals surface area contributed by atoms with Crippen LogP contribution in [-0.2, 0) is 0 Å². The topological polar surface area (TPSA) is 29.3 Å². The summed E-state index contributed by atoms with van der Waals surface area (Å²) in [5.74, 6) is 0.307. The SMILES string of the molecule is CCN(c1ccccc1F)C1(CN)CC(C)(C)CC1C. The molecule has 0 radical (unpaired) electrons. The minimum absolute atomic E-state index is 0.138. The first kappa shape index (κ1) is 15.3. The van der Waals surface area contributed by atoms with E-state index < -0.39 is 0 Å². The van der Waals surface area contributed by atoms with Crippen molar-refractivity contribution in [3.63, 3.8) is 0 Å². The largest absolute Gasteiger partial charge is 0.362 e. The Bertz CT molecular complexity index is 472. The molecule has 1 aromatic carbocycles. The second-order valence-electron chi connectivity index (χ2n) is 6.95. The Balaban J connectivity index is 2.46. The van der Waals surface area contributed by atoms with Crippen molar-refractivity contribution < 1.29 is 4.39 Å². The first-order chi connectivity index (χ1) is 9.36. The van der Waals surface area contributed by atoms with Gasteiger partial charge in [0.2, 0.25) is 0 Å². The summed E-state index contributed by atoms with van der Waals surface area (Å²) >= 11 is 0. The van der Waals surface area contributed by atoms with E-state index in [1.807, 2.05) is 12.1 Å². The standard InChI is InChI=1S/C17H27FN2/c1-5-20(15-9-7-6-8-14(15)18)17(12-19)11-16(3,4)10-13(17)2/h6-9,13H,5,10-12,19H2,1-4H3. The van der Waals surface area contributed by atoms with E-state index in [4.69, 9.17) is 5.73 Å². The van der Waals surface area contributed by atoms with Crippen LogP contribution in [0.4, 0.5) is 10.1 Å². The van der Waals surface area contributed by atoms with Gasteiger partial charge >= 0.3 is 0 Å². The number of nitrogens with zero attached hydrogens (tertiary/aromatic N) is 1. The molecule has 2 unspecified atom stereocenters. The number of rotatable bonds is 4. The van der Waals surface area contributed by atoms with Gasteiger partial charge in [0.05, 0.1) is 11.2 Å². The molecule has 2 nitrogen and oxygen atoms in total. The summed E-state index contributed by atoms with van der Waals surface area (Å²) in [4.78, 5) is 2.20. The summed E-state index contributed by atoms with van der Waals surface area (Å²) in [6, 6.07) is 7.04. The molecule has 3 heteroatoms. The lowest BCUT2D eigenvalue weighted by Gasteiger charge is -2.45. The van der Waals surface area contributed by atoms with E-state index in [2.05, 4.69) is 32.6 Å². The number of anilines is 1. The van der Waals surface area contributed by atoms with Gasteiger partial charge in [-0.05, 0) is 43.2 Å². The second-order valence-corrected chi connectivity index (χ2v) is 6.95. The Morgan fingerprint density at radius 1 is 1.35 bits per heavy atom. The van der Waals surface area contributed by atoms with Gasteiger partial charge in [0, 0.05) is 13.1 Å². The average Bonchev–Trinajstić information content (AvgIpc) is 2.63. The highest BCUT2D eigenvalue weighted by atomic mass is 19.1. The molecule has 1 fully saturated rings. The molecule has 20 heavy (non-hydrogen) atoms. The molecule has 0 aliphatic heterocycles. The molecule has 0 saturated heterocycles. The molecule has 0 bridgehead atoms. The van der Waals surface area contributed by atoms with Gasteiger partial charge in [0.15, 0.2) is 0 Å². The van der Waals surface area contributed by atoms with Gasteiger partial charge in [-0.3, -0.25) is 0 Å². The van der Waals surface area contributed by atoms with Crippen LogP contribution in [-0.4, -0.2) is 18.6 Å². The first-order valence-corrected chi connectivity index (χ1v) is 7.58. The van der Waals surface area contributed by atoms with Crippen molar-refractivity contribution in [2.75, 3.05) is 18.0 Å². The lowest BCUT2D eigenvalue weighted by atomic mass is 9.84. The number of nitrogens with two attached hydrogens (primary N) is 1. The van der Waals surface area contributed by atoms with E-state index >= 15 is 0 Å². The summed E-state index contributed by atoms with van der Waals surface area (Å²) in [7, 11) is 0. The second kappa shape index (κ2) is 5.36. The van der Waals surface area contributed by atoms with Crippen LogP contribution in [0, 0.1) is 17.2 Å². The maximum atomic E-state index is 14.2. The lowest BCUT2D eigenvalue weighted by Crippen LogP contribution is -2.56. The average molecular weight is 278 g/mol. The molecular formula is C17H27FN2. The van der Waals surface area contributed by atoms with Crippen LogP contribution in [0.2, 0.25) is 0 Å². The third kappa shape index (κ3) is 2.44. The van der Waals surface area contributed by atoms with Crippen LogP contribution in [0.3, 0.4) is 0 Å². The van der Waals surface area contributed by atoms with E-state index in [-0.39, 0.29) is 16.8 Å². The van der Waals surface area contributed by atoms with Crippen molar-refractivity contribution in [3.8, 4) is 0 Å². The van der Waals surface area contributed by atoms with Gasteiger partial charge in [-0.2, -0.15) is 0 Å². The van der Waals surface area contributed by atoms with E-state index in [1.54, 1.807) is 6.07 Å². The van der Waals surface area contributed by atoms with Crippen molar-refractivity contribution in [1.82, 2.24) is 0 Å². The first-order valence-electron chi connectivity index (χ1n) is 7.58. The van der Waals surface area contributed by atoms with Crippen molar-refractivity contribution in [2.24, 2.45) is 17.1 Å². The van der Waals surface area contributed by atoms with Crippen LogP contribution in [0.25, 0.3) is 0 Å². The summed E-state index contributed by atoms with van der Waals surface area (Å²) in [5.41, 5.74) is 6.99. The molecule has 0 amide bonds. The zero-order valence-electron chi connectivity index (χ0n) is 13.1. The van der Waals surface area contributed by atoms with Gasteiger partial charge in [0.25, 0.3) is 0 Å². The summed E-state index contributed by atoms with van der Waals surface area (Å²) in [6.45, 7) is 10.3. The van der Waals surface area contributed by atoms with Crippen molar-refractivity contribution >= 4 is 5.69 Å². The lowest BCUT2D eigenvalue weighted by molar-refractivity contribution is 0.304. The Morgan fingerprint density at radius 3 is 2.45 bits per heavy atom. The molecule has 112 valence electrons. The number of hydrogen-bond donors (Lipinski definition) is 1. The maximum Gasteiger partial charge on any atom is 0.146 e. The van der Waals surface area contributed by atoms with Crippen molar-refractivity contribution in [1.29, 1.82) is 0 Å². The number of benzene rings is 1. The number of halogens is 1. The van der Waals surface area contributed by atoms with Crippen molar-refractivity contribution in [3.05, 3.63) is 30.1 Å². The molecule has 0 heterocycles. The normalized spacial score (nSPS) is 28.6. The molecule has 1 aliphatic carbocycles. The zero-order chi connectivity index (χ0) is 15.0. The molecule has 0 aromatic heterocycles. The Hall–Kier alpha value is -1.09. The highest BCUT2D eigenvalue weighted by molar-refractivity contribution is 5.51. The summed E-state index contributed by atoms with van der Waals surface area (Å²) in [5, 5.41) is 0. The van der Waals surface area contributed by atoms with Crippen LogP contribution < -0.4 is 10.6 Å². The molecular weight excluding hydrogens is 251 g/mol. The predicted octanol–water partition coefficient (Wildman–Crippen LogP) is 3.81.